The van der Waals surface area contributed by atoms with Gasteiger partial charge in [-0.3, -0.25) is 4.79 Å². The number of carboxylic acids is 1. The number of nitrogens with one attached hydrogen (secondary N) is 1. The van der Waals surface area contributed by atoms with Crippen LogP contribution in [0.1, 0.15) is 6.92 Å². The van der Waals surface area contributed by atoms with Crippen molar-refractivity contribution >= 4 is 11.9 Å². The third-order valence-electron chi connectivity index (χ3n) is 3.32. The summed E-state index contributed by atoms with van der Waals surface area (Å²) in [6, 6.07) is -1.11. The number of carbonyl (C=O) groups excluding carboxylic acids is 1. The number of hydrogen-bond donors (Lipinski definition) is 4. The summed E-state index contributed by atoms with van der Waals surface area (Å²) in [5.74, 6) is -1.96. The number of carbonyl (C=O) groups is 2. The fourth-order valence-electron chi connectivity index (χ4n) is 2.19. The van der Waals surface area contributed by atoms with Crippen LogP contribution in [-0.4, -0.2) is 69.5 Å². The van der Waals surface area contributed by atoms with Gasteiger partial charge in [-0.05, 0) is 6.92 Å². The van der Waals surface area contributed by atoms with Crippen LogP contribution in [0.5, 0.6) is 0 Å². The second kappa shape index (κ2) is 5.35. The first-order chi connectivity index (χ1) is 9.32. The van der Waals surface area contributed by atoms with Crippen molar-refractivity contribution in [2.45, 2.75) is 37.7 Å². The average molecular weight is 290 g/mol. The fourth-order valence-corrected chi connectivity index (χ4v) is 2.19. The van der Waals surface area contributed by atoms with Crippen LogP contribution in [0.2, 0.25) is 0 Å². The predicted octanol–water partition coefficient (Wildman–Crippen LogP) is -1.85. The van der Waals surface area contributed by atoms with Gasteiger partial charge in [0.2, 0.25) is 6.35 Å². The van der Waals surface area contributed by atoms with Gasteiger partial charge in [0, 0.05) is 11.8 Å². The first-order valence-corrected chi connectivity index (χ1v) is 5.94. The fraction of sp³-hybridized carbons (Fsp3) is 0.636. The Bertz CT molecular complexity index is 456. The Balaban J connectivity index is 2.18. The minimum Gasteiger partial charge on any atom is -0.479 e. The molecule has 1 amide bonds. The molecule has 9 heteroatoms. The van der Waals surface area contributed by atoms with Crippen molar-refractivity contribution < 1.29 is 34.0 Å². The third-order valence-corrected chi connectivity index (χ3v) is 3.32. The van der Waals surface area contributed by atoms with Crippen LogP contribution in [0.25, 0.3) is 0 Å². The van der Waals surface area contributed by atoms with E-state index in [1.165, 1.54) is 13.1 Å². The maximum atomic E-state index is 14.1. The Hall–Kier alpha value is -1.71. The molecule has 0 aromatic rings. The van der Waals surface area contributed by atoms with Crippen LogP contribution in [0.3, 0.4) is 0 Å². The van der Waals surface area contributed by atoms with Crippen LogP contribution in [0.15, 0.2) is 11.8 Å². The summed E-state index contributed by atoms with van der Waals surface area (Å²) in [6.45, 7) is 1.13. The van der Waals surface area contributed by atoms with E-state index >= 15 is 0 Å². The first-order valence-electron chi connectivity index (χ1n) is 5.94. The van der Waals surface area contributed by atoms with E-state index in [4.69, 9.17) is 9.84 Å². The summed E-state index contributed by atoms with van der Waals surface area (Å²) >= 11 is 0. The second-order valence-electron chi connectivity index (χ2n) is 4.70. The Morgan fingerprint density at radius 3 is 2.80 bits per heavy atom. The number of amides is 1. The van der Waals surface area contributed by atoms with Gasteiger partial charge in [0.05, 0.1) is 12.6 Å². The Morgan fingerprint density at radius 1 is 1.55 bits per heavy atom. The lowest BCUT2D eigenvalue weighted by atomic mass is 9.98. The topological polar surface area (TPSA) is 119 Å². The molecular weight excluding hydrogens is 275 g/mol. The molecule has 112 valence electrons. The van der Waals surface area contributed by atoms with Gasteiger partial charge in [0.25, 0.3) is 5.91 Å². The van der Waals surface area contributed by atoms with E-state index in [9.17, 15) is 24.2 Å². The molecule has 5 atom stereocenters. The molecule has 0 aromatic heterocycles. The van der Waals surface area contributed by atoms with Crippen molar-refractivity contribution in [3.63, 3.8) is 0 Å². The summed E-state index contributed by atoms with van der Waals surface area (Å²) < 4.78 is 19.1. The molecule has 0 saturated carbocycles. The van der Waals surface area contributed by atoms with Gasteiger partial charge in [-0.15, -0.1) is 0 Å². The van der Waals surface area contributed by atoms with Gasteiger partial charge in [0.1, 0.15) is 6.10 Å². The molecule has 2 aliphatic rings. The number of alkyl halides is 1. The zero-order valence-electron chi connectivity index (χ0n) is 10.6. The number of carboxylic acid groups (broad SMARTS) is 1. The molecule has 2 rings (SSSR count). The van der Waals surface area contributed by atoms with E-state index < -0.39 is 42.6 Å². The molecule has 0 radical (unpaired) electrons. The highest BCUT2D eigenvalue weighted by Gasteiger charge is 2.47. The van der Waals surface area contributed by atoms with Gasteiger partial charge in [-0.25, -0.2) is 9.18 Å². The van der Waals surface area contributed by atoms with Crippen LogP contribution >= 0.6 is 0 Å². The highest BCUT2D eigenvalue weighted by molar-refractivity contribution is 5.93. The minimum atomic E-state index is -1.95. The molecule has 4 N–H and O–H groups in total. The van der Waals surface area contributed by atoms with Crippen molar-refractivity contribution in [2.75, 3.05) is 6.61 Å². The number of nitrogens with zero attached hydrogens (tertiary/aromatic N) is 1. The zero-order chi connectivity index (χ0) is 15.0. The normalized spacial score (nSPS) is 38.2. The minimum absolute atomic E-state index is 0.248. The van der Waals surface area contributed by atoms with E-state index in [0.717, 1.165) is 4.90 Å². The van der Waals surface area contributed by atoms with Crippen LogP contribution < -0.4 is 5.32 Å². The Morgan fingerprint density at radius 2 is 2.20 bits per heavy atom. The predicted molar refractivity (Wildman–Crippen MR) is 61.8 cm³/mol. The molecule has 1 fully saturated rings. The quantitative estimate of drug-likeness (QED) is 0.471. The molecule has 2 aliphatic heterocycles. The smallest absolute Gasteiger partial charge is 0.335 e. The molecule has 2 heterocycles. The van der Waals surface area contributed by atoms with Crippen LogP contribution in [0, 0.1) is 0 Å². The van der Waals surface area contributed by atoms with E-state index in [0.29, 0.717) is 0 Å². The highest BCUT2D eigenvalue weighted by atomic mass is 19.1. The summed E-state index contributed by atoms with van der Waals surface area (Å²) in [6.07, 6.45) is -5.67. The SMILES string of the molecule is CC1=CN(C2CO[C@H](C(=O)O)[C@@H](O)[C@@H]2F)C(O)NC1=O. The van der Waals surface area contributed by atoms with Gasteiger partial charge in [0.15, 0.2) is 12.3 Å². The summed E-state index contributed by atoms with van der Waals surface area (Å²) in [5, 5.41) is 30.3. The molecule has 20 heavy (non-hydrogen) atoms. The molecule has 1 saturated heterocycles. The number of aliphatic carboxylic acids is 1. The number of halogens is 1. The average Bonchev–Trinajstić information content (AvgIpc) is 2.37. The lowest BCUT2D eigenvalue weighted by Crippen LogP contribution is -2.63. The number of aliphatic hydroxyl groups excluding tert-OH is 2. The maximum Gasteiger partial charge on any atom is 0.335 e. The first kappa shape index (κ1) is 14.7. The van der Waals surface area contributed by atoms with Crippen molar-refractivity contribution in [2.24, 2.45) is 0 Å². The lowest BCUT2D eigenvalue weighted by molar-refractivity contribution is -0.189. The second-order valence-corrected chi connectivity index (χ2v) is 4.70. The van der Waals surface area contributed by atoms with Crippen molar-refractivity contribution in [1.82, 2.24) is 10.2 Å². The van der Waals surface area contributed by atoms with E-state index in [2.05, 4.69) is 5.32 Å². The molecule has 0 spiro atoms. The Kier molecular flexibility index (Phi) is 3.93. The van der Waals surface area contributed by atoms with Crippen molar-refractivity contribution in [3.05, 3.63) is 11.8 Å². The molecular formula is C11H15FN2O6. The van der Waals surface area contributed by atoms with E-state index in [-0.39, 0.29) is 12.2 Å². The monoisotopic (exact) mass is 290 g/mol. The van der Waals surface area contributed by atoms with Crippen LogP contribution in [0.4, 0.5) is 4.39 Å². The van der Waals surface area contributed by atoms with Gasteiger partial charge >= 0.3 is 5.97 Å². The summed E-state index contributed by atoms with van der Waals surface area (Å²) in [4.78, 5) is 23.2. The number of ether oxygens (including phenoxy) is 1. The molecule has 2 unspecified atom stereocenters. The van der Waals surface area contributed by atoms with Crippen molar-refractivity contribution in [1.29, 1.82) is 0 Å². The molecule has 0 aliphatic carbocycles. The molecule has 8 nitrogen and oxygen atoms in total. The van der Waals surface area contributed by atoms with E-state index in [1.807, 2.05) is 0 Å². The number of rotatable bonds is 2. The van der Waals surface area contributed by atoms with Gasteiger partial charge in [-0.1, -0.05) is 0 Å². The lowest BCUT2D eigenvalue weighted by Gasteiger charge is -2.43. The highest BCUT2D eigenvalue weighted by Crippen LogP contribution is 2.25. The zero-order valence-corrected chi connectivity index (χ0v) is 10.6. The van der Waals surface area contributed by atoms with Crippen molar-refractivity contribution in [3.8, 4) is 0 Å². The molecule has 0 aromatic carbocycles. The maximum absolute atomic E-state index is 14.1. The number of aliphatic hydroxyl groups is 2. The summed E-state index contributed by atoms with van der Waals surface area (Å²) in [7, 11) is 0. The van der Waals surface area contributed by atoms with Gasteiger partial charge in [-0.2, -0.15) is 0 Å². The largest absolute Gasteiger partial charge is 0.479 e. The Labute approximate surface area is 113 Å². The van der Waals surface area contributed by atoms with Gasteiger partial charge < -0.3 is 30.3 Å². The van der Waals surface area contributed by atoms with E-state index in [1.54, 1.807) is 0 Å². The van der Waals surface area contributed by atoms with Crippen LogP contribution in [-0.2, 0) is 14.3 Å². The standard InChI is InChI=1S/C11H15FN2O6/c1-4-2-14(11(19)13-9(4)16)5-3-20-8(10(17)18)7(15)6(5)12/h2,5-8,11,15,19H,3H2,1H3,(H,13,16)(H,17,18)/t5?,6-,7+,8+,11?/m1/s1. The third kappa shape index (κ3) is 2.47. The number of hydrogen-bond acceptors (Lipinski definition) is 6. The molecule has 0 bridgehead atoms. The summed E-state index contributed by atoms with van der Waals surface area (Å²) in [5.41, 5.74) is 0.248.